The lowest BCUT2D eigenvalue weighted by molar-refractivity contribution is 0.497. The van der Waals surface area contributed by atoms with Crippen LogP contribution in [0.4, 0.5) is 0 Å². The van der Waals surface area contributed by atoms with Crippen molar-refractivity contribution < 1.29 is 8.42 Å². The first-order valence-corrected chi connectivity index (χ1v) is 5.95. The first kappa shape index (κ1) is 11.9. The minimum atomic E-state index is -3.30. The molecule has 0 spiro atoms. The number of hydrogen-bond acceptors (Lipinski definition) is 3. The lowest BCUT2D eigenvalue weighted by Gasteiger charge is -2.13. The Morgan fingerprint density at radius 2 is 1.83 bits per heavy atom. The van der Waals surface area contributed by atoms with Crippen LogP contribution in [-0.4, -0.2) is 26.8 Å². The molecule has 0 aromatic rings. The molecular formula is C7H18N2O2S. The van der Waals surface area contributed by atoms with Crippen molar-refractivity contribution in [2.24, 2.45) is 5.14 Å². The van der Waals surface area contributed by atoms with Gasteiger partial charge in [-0.25, -0.2) is 13.6 Å². The Hall–Kier alpha value is -0.130. The van der Waals surface area contributed by atoms with E-state index in [0.717, 1.165) is 12.8 Å². The molecule has 0 atom stereocenters. The van der Waals surface area contributed by atoms with Crippen molar-refractivity contribution in [3.8, 4) is 0 Å². The summed E-state index contributed by atoms with van der Waals surface area (Å²) in [6.07, 6.45) is 2.03. The number of primary sulfonamides is 1. The summed E-state index contributed by atoms with van der Waals surface area (Å²) in [5.41, 5.74) is 0. The number of hydrogen-bond donors (Lipinski definition) is 2. The van der Waals surface area contributed by atoms with Crippen LogP contribution in [0.3, 0.4) is 0 Å². The maximum Gasteiger partial charge on any atom is 0.210 e. The smallest absolute Gasteiger partial charge is 0.210 e. The molecule has 0 amide bonds. The third-order valence-electron chi connectivity index (χ3n) is 1.81. The van der Waals surface area contributed by atoms with Gasteiger partial charge in [-0.3, -0.25) is 0 Å². The third-order valence-corrected chi connectivity index (χ3v) is 2.58. The van der Waals surface area contributed by atoms with Crippen LogP contribution in [-0.2, 0) is 10.0 Å². The summed E-state index contributed by atoms with van der Waals surface area (Å²) in [7, 11) is -3.30. The number of nitrogens with two attached hydrogens (primary N) is 1. The fraction of sp³-hybridized carbons (Fsp3) is 1.00. The van der Waals surface area contributed by atoms with Gasteiger partial charge in [0.1, 0.15) is 0 Å². The average molecular weight is 194 g/mol. The molecule has 0 bridgehead atoms. The van der Waals surface area contributed by atoms with Crippen molar-refractivity contribution in [3.63, 3.8) is 0 Å². The van der Waals surface area contributed by atoms with Crippen LogP contribution in [0, 0.1) is 0 Å². The second-order valence-electron chi connectivity index (χ2n) is 2.83. The van der Waals surface area contributed by atoms with Gasteiger partial charge in [-0.15, -0.1) is 0 Å². The Kier molecular flexibility index (Phi) is 5.44. The Morgan fingerprint density at radius 3 is 2.17 bits per heavy atom. The van der Waals surface area contributed by atoms with Gasteiger partial charge in [-0.2, -0.15) is 0 Å². The van der Waals surface area contributed by atoms with E-state index in [1.807, 2.05) is 0 Å². The molecule has 0 aromatic carbocycles. The van der Waals surface area contributed by atoms with Crippen LogP contribution >= 0.6 is 0 Å². The minimum absolute atomic E-state index is 0.0174. The molecule has 0 saturated heterocycles. The van der Waals surface area contributed by atoms with Crippen molar-refractivity contribution >= 4 is 10.0 Å². The average Bonchev–Trinajstić information content (AvgIpc) is 1.96. The van der Waals surface area contributed by atoms with E-state index in [9.17, 15) is 8.42 Å². The van der Waals surface area contributed by atoms with Gasteiger partial charge < -0.3 is 5.32 Å². The van der Waals surface area contributed by atoms with E-state index in [4.69, 9.17) is 5.14 Å². The highest BCUT2D eigenvalue weighted by Crippen LogP contribution is 1.94. The molecule has 0 radical (unpaired) electrons. The van der Waals surface area contributed by atoms with Gasteiger partial charge in [0.2, 0.25) is 10.0 Å². The van der Waals surface area contributed by atoms with Crippen molar-refractivity contribution in [1.82, 2.24) is 5.32 Å². The molecule has 3 N–H and O–H groups in total. The lowest BCUT2D eigenvalue weighted by Crippen LogP contribution is -2.33. The Bertz CT molecular complexity index is 197. The molecule has 0 saturated carbocycles. The standard InChI is InChI=1S/C7H18N2O2S/c1-3-7(4-2)9-5-6-12(8,10)11/h7,9H,3-6H2,1-2H3,(H2,8,10,11). The van der Waals surface area contributed by atoms with E-state index in [2.05, 4.69) is 19.2 Å². The summed E-state index contributed by atoms with van der Waals surface area (Å²) >= 11 is 0. The van der Waals surface area contributed by atoms with Gasteiger partial charge in [-0.1, -0.05) is 13.8 Å². The van der Waals surface area contributed by atoms with Crippen molar-refractivity contribution in [2.75, 3.05) is 12.3 Å². The zero-order valence-corrected chi connectivity index (χ0v) is 8.52. The molecule has 0 aromatic heterocycles. The molecule has 0 heterocycles. The predicted octanol–water partition coefficient (Wildman–Crippen LogP) is 0.0531. The highest BCUT2D eigenvalue weighted by Gasteiger charge is 2.05. The Morgan fingerprint density at radius 1 is 1.33 bits per heavy atom. The van der Waals surface area contributed by atoms with Gasteiger partial charge in [-0.05, 0) is 12.8 Å². The molecule has 12 heavy (non-hydrogen) atoms. The van der Waals surface area contributed by atoms with Crippen LogP contribution in [0.25, 0.3) is 0 Å². The zero-order chi connectivity index (χ0) is 9.61. The first-order valence-electron chi connectivity index (χ1n) is 4.23. The maximum absolute atomic E-state index is 10.5. The molecule has 0 aliphatic rings. The molecule has 0 rings (SSSR count). The van der Waals surface area contributed by atoms with Crippen LogP contribution in [0.1, 0.15) is 26.7 Å². The molecular weight excluding hydrogens is 176 g/mol. The largest absolute Gasteiger partial charge is 0.313 e. The second-order valence-corrected chi connectivity index (χ2v) is 4.57. The summed E-state index contributed by atoms with van der Waals surface area (Å²) < 4.78 is 21.1. The Balaban J connectivity index is 3.55. The molecule has 74 valence electrons. The number of sulfonamides is 1. The monoisotopic (exact) mass is 194 g/mol. The summed E-state index contributed by atoms with van der Waals surface area (Å²) in [6.45, 7) is 4.58. The maximum atomic E-state index is 10.5. The first-order chi connectivity index (χ1) is 5.49. The minimum Gasteiger partial charge on any atom is -0.313 e. The number of nitrogens with one attached hydrogen (secondary N) is 1. The van der Waals surface area contributed by atoms with Gasteiger partial charge in [0.05, 0.1) is 5.75 Å². The summed E-state index contributed by atoms with van der Waals surface area (Å²) in [4.78, 5) is 0. The molecule has 5 heteroatoms. The quantitative estimate of drug-likeness (QED) is 0.627. The van der Waals surface area contributed by atoms with Gasteiger partial charge in [0, 0.05) is 12.6 Å². The second kappa shape index (κ2) is 5.50. The van der Waals surface area contributed by atoms with E-state index in [1.54, 1.807) is 0 Å². The fourth-order valence-corrected chi connectivity index (χ4v) is 1.39. The predicted molar refractivity (Wildman–Crippen MR) is 50.3 cm³/mol. The molecule has 0 aliphatic carbocycles. The van der Waals surface area contributed by atoms with Crippen LogP contribution in [0.2, 0.25) is 0 Å². The van der Waals surface area contributed by atoms with E-state index >= 15 is 0 Å². The highest BCUT2D eigenvalue weighted by atomic mass is 32.2. The van der Waals surface area contributed by atoms with Crippen molar-refractivity contribution in [2.45, 2.75) is 32.7 Å². The van der Waals surface area contributed by atoms with E-state index in [1.165, 1.54) is 0 Å². The lowest BCUT2D eigenvalue weighted by atomic mass is 10.2. The van der Waals surface area contributed by atoms with Gasteiger partial charge in [0.15, 0.2) is 0 Å². The molecule has 0 fully saturated rings. The summed E-state index contributed by atoms with van der Waals surface area (Å²) in [5.74, 6) is 0.0174. The summed E-state index contributed by atoms with van der Waals surface area (Å²) in [6, 6.07) is 0.409. The SMILES string of the molecule is CCC(CC)NCCS(N)(=O)=O. The van der Waals surface area contributed by atoms with Crippen LogP contribution in [0.5, 0.6) is 0 Å². The zero-order valence-electron chi connectivity index (χ0n) is 7.71. The van der Waals surface area contributed by atoms with Gasteiger partial charge >= 0.3 is 0 Å². The number of rotatable bonds is 6. The van der Waals surface area contributed by atoms with Crippen LogP contribution in [0.15, 0.2) is 0 Å². The summed E-state index contributed by atoms with van der Waals surface area (Å²) in [5, 5.41) is 7.95. The normalized spacial score (nSPS) is 12.3. The molecule has 0 unspecified atom stereocenters. The molecule has 0 aliphatic heterocycles. The molecule has 4 nitrogen and oxygen atoms in total. The van der Waals surface area contributed by atoms with Crippen molar-refractivity contribution in [3.05, 3.63) is 0 Å². The van der Waals surface area contributed by atoms with E-state index in [-0.39, 0.29) is 5.75 Å². The Labute approximate surface area is 74.6 Å². The van der Waals surface area contributed by atoms with E-state index < -0.39 is 10.0 Å². The van der Waals surface area contributed by atoms with Crippen molar-refractivity contribution in [1.29, 1.82) is 0 Å². The fourth-order valence-electron chi connectivity index (χ4n) is 0.983. The third kappa shape index (κ3) is 6.57. The van der Waals surface area contributed by atoms with Crippen LogP contribution < -0.4 is 10.5 Å². The van der Waals surface area contributed by atoms with E-state index in [0.29, 0.717) is 12.6 Å². The topological polar surface area (TPSA) is 72.2 Å². The van der Waals surface area contributed by atoms with Gasteiger partial charge in [0.25, 0.3) is 0 Å². The highest BCUT2D eigenvalue weighted by molar-refractivity contribution is 7.89.